The molecule has 0 aliphatic carbocycles. The molecule has 0 saturated carbocycles. The smallest absolute Gasteiger partial charge is 0.326 e. The molecular formula is C12H23N3O4. The lowest BCUT2D eigenvalue weighted by molar-refractivity contribution is -0.142. The molecular weight excluding hydrogens is 250 g/mol. The third-order valence-corrected chi connectivity index (χ3v) is 2.41. The third-order valence-electron chi connectivity index (χ3n) is 2.41. The molecule has 0 unspecified atom stereocenters. The van der Waals surface area contributed by atoms with Crippen LogP contribution < -0.4 is 16.4 Å². The highest BCUT2D eigenvalue weighted by Gasteiger charge is 2.20. The fourth-order valence-electron chi connectivity index (χ4n) is 1.42. The summed E-state index contributed by atoms with van der Waals surface area (Å²) in [6.45, 7) is 5.44. The van der Waals surface area contributed by atoms with Gasteiger partial charge in [-0.25, -0.2) is 4.79 Å². The molecule has 7 nitrogen and oxygen atoms in total. The van der Waals surface area contributed by atoms with E-state index in [-0.39, 0.29) is 24.8 Å². The maximum Gasteiger partial charge on any atom is 0.326 e. The van der Waals surface area contributed by atoms with E-state index >= 15 is 0 Å². The molecule has 0 aromatic rings. The molecule has 0 spiro atoms. The number of aliphatic carboxylic acids is 1. The number of hydrogen-bond donors (Lipinski definition) is 4. The molecule has 0 fully saturated rings. The zero-order valence-corrected chi connectivity index (χ0v) is 11.6. The molecule has 2 amide bonds. The van der Waals surface area contributed by atoms with Crippen molar-refractivity contribution in [1.82, 2.24) is 10.6 Å². The highest BCUT2D eigenvalue weighted by atomic mass is 16.4. The zero-order valence-electron chi connectivity index (χ0n) is 11.6. The molecule has 0 rings (SSSR count). The SMILES string of the molecule is CC(C)C[C@@H](NC(=O)CCNC(=O)[C@H](C)N)C(=O)O. The molecule has 0 aliphatic rings. The Hall–Kier alpha value is -1.63. The number of carbonyl (C=O) groups excluding carboxylic acids is 2. The molecule has 110 valence electrons. The Labute approximate surface area is 112 Å². The molecule has 0 heterocycles. The maximum atomic E-state index is 11.5. The Morgan fingerprint density at radius 1 is 1.21 bits per heavy atom. The summed E-state index contributed by atoms with van der Waals surface area (Å²) in [4.78, 5) is 33.6. The van der Waals surface area contributed by atoms with E-state index in [2.05, 4.69) is 10.6 Å². The Balaban J connectivity index is 4.07. The van der Waals surface area contributed by atoms with E-state index in [1.54, 1.807) is 6.92 Å². The number of rotatable bonds is 8. The maximum absolute atomic E-state index is 11.5. The van der Waals surface area contributed by atoms with Crippen molar-refractivity contribution in [3.05, 3.63) is 0 Å². The standard InChI is InChI=1S/C12H23N3O4/c1-7(2)6-9(12(18)19)15-10(16)4-5-14-11(17)8(3)13/h7-9H,4-6,13H2,1-3H3,(H,14,17)(H,15,16)(H,18,19)/t8-,9+/m0/s1. The van der Waals surface area contributed by atoms with E-state index in [9.17, 15) is 14.4 Å². The van der Waals surface area contributed by atoms with Crippen LogP contribution in [-0.2, 0) is 14.4 Å². The van der Waals surface area contributed by atoms with E-state index < -0.39 is 24.0 Å². The summed E-state index contributed by atoms with van der Waals surface area (Å²) in [6.07, 6.45) is 0.396. The highest BCUT2D eigenvalue weighted by molar-refractivity contribution is 5.84. The van der Waals surface area contributed by atoms with Crippen LogP contribution in [0.3, 0.4) is 0 Å². The first-order valence-electron chi connectivity index (χ1n) is 6.29. The quantitative estimate of drug-likeness (QED) is 0.473. The molecule has 0 aromatic carbocycles. The van der Waals surface area contributed by atoms with Gasteiger partial charge in [-0.05, 0) is 19.3 Å². The summed E-state index contributed by atoms with van der Waals surface area (Å²) in [6, 6.07) is -1.52. The fourth-order valence-corrected chi connectivity index (χ4v) is 1.42. The van der Waals surface area contributed by atoms with Gasteiger partial charge in [0.1, 0.15) is 6.04 Å². The van der Waals surface area contributed by atoms with E-state index in [0.29, 0.717) is 6.42 Å². The number of amides is 2. The van der Waals surface area contributed by atoms with Gasteiger partial charge < -0.3 is 21.5 Å². The van der Waals surface area contributed by atoms with Gasteiger partial charge in [-0.3, -0.25) is 9.59 Å². The van der Waals surface area contributed by atoms with E-state index in [0.717, 1.165) is 0 Å². The van der Waals surface area contributed by atoms with Gasteiger partial charge in [0.05, 0.1) is 6.04 Å². The van der Waals surface area contributed by atoms with Gasteiger partial charge in [0.2, 0.25) is 11.8 Å². The molecule has 0 aliphatic heterocycles. The summed E-state index contributed by atoms with van der Waals surface area (Å²) in [7, 11) is 0. The second-order valence-electron chi connectivity index (χ2n) is 4.92. The minimum Gasteiger partial charge on any atom is -0.480 e. The largest absolute Gasteiger partial charge is 0.480 e. The monoisotopic (exact) mass is 273 g/mol. The number of carbonyl (C=O) groups is 3. The number of carboxylic acid groups (broad SMARTS) is 1. The van der Waals surface area contributed by atoms with Crippen LogP contribution in [0, 0.1) is 5.92 Å². The zero-order chi connectivity index (χ0) is 15.0. The van der Waals surface area contributed by atoms with Crippen molar-refractivity contribution in [2.24, 2.45) is 11.7 Å². The molecule has 0 radical (unpaired) electrons. The summed E-state index contributed by atoms with van der Waals surface area (Å²) < 4.78 is 0. The van der Waals surface area contributed by atoms with Crippen molar-refractivity contribution >= 4 is 17.8 Å². The summed E-state index contributed by atoms with van der Waals surface area (Å²) in [5, 5.41) is 13.9. The minimum atomic E-state index is -1.05. The summed E-state index contributed by atoms with van der Waals surface area (Å²) in [5.74, 6) is -1.64. The second-order valence-corrected chi connectivity index (χ2v) is 4.92. The van der Waals surface area contributed by atoms with Gasteiger partial charge >= 0.3 is 5.97 Å². The average Bonchev–Trinajstić information content (AvgIpc) is 2.26. The van der Waals surface area contributed by atoms with Crippen LogP contribution in [0.25, 0.3) is 0 Å². The van der Waals surface area contributed by atoms with Gasteiger partial charge in [-0.15, -0.1) is 0 Å². The van der Waals surface area contributed by atoms with Crippen LogP contribution in [0.4, 0.5) is 0 Å². The Morgan fingerprint density at radius 3 is 2.21 bits per heavy atom. The topological polar surface area (TPSA) is 122 Å². The first kappa shape index (κ1) is 17.4. The highest BCUT2D eigenvalue weighted by Crippen LogP contribution is 2.05. The summed E-state index contributed by atoms with van der Waals surface area (Å²) in [5.41, 5.74) is 5.34. The summed E-state index contributed by atoms with van der Waals surface area (Å²) >= 11 is 0. The lowest BCUT2D eigenvalue weighted by Gasteiger charge is -2.16. The predicted octanol–water partition coefficient (Wildman–Crippen LogP) is -0.545. The van der Waals surface area contributed by atoms with Crippen LogP contribution in [0.5, 0.6) is 0 Å². The molecule has 5 N–H and O–H groups in total. The third kappa shape index (κ3) is 8.15. The van der Waals surface area contributed by atoms with Crippen LogP contribution in [0.2, 0.25) is 0 Å². The molecule has 0 saturated heterocycles. The van der Waals surface area contributed by atoms with Crippen LogP contribution in [0.1, 0.15) is 33.6 Å². The Morgan fingerprint density at radius 2 is 1.79 bits per heavy atom. The van der Waals surface area contributed by atoms with Gasteiger partial charge in [0.25, 0.3) is 0 Å². The molecule has 19 heavy (non-hydrogen) atoms. The van der Waals surface area contributed by atoms with Gasteiger partial charge in [0.15, 0.2) is 0 Å². The lowest BCUT2D eigenvalue weighted by Crippen LogP contribution is -2.44. The Kier molecular flexibility index (Phi) is 7.74. The first-order valence-corrected chi connectivity index (χ1v) is 6.29. The normalized spacial score (nSPS) is 13.7. The minimum absolute atomic E-state index is 0.0281. The van der Waals surface area contributed by atoms with Gasteiger partial charge in [0, 0.05) is 13.0 Å². The molecule has 0 aromatic heterocycles. The Bertz CT molecular complexity index is 329. The van der Waals surface area contributed by atoms with Crippen molar-refractivity contribution in [2.45, 2.75) is 45.7 Å². The fraction of sp³-hybridized carbons (Fsp3) is 0.750. The average molecular weight is 273 g/mol. The van der Waals surface area contributed by atoms with Crippen molar-refractivity contribution in [2.75, 3.05) is 6.54 Å². The van der Waals surface area contributed by atoms with Crippen molar-refractivity contribution in [3.63, 3.8) is 0 Å². The molecule has 7 heteroatoms. The lowest BCUT2D eigenvalue weighted by atomic mass is 10.0. The van der Waals surface area contributed by atoms with Crippen LogP contribution in [0.15, 0.2) is 0 Å². The number of nitrogens with two attached hydrogens (primary N) is 1. The van der Waals surface area contributed by atoms with E-state index in [1.165, 1.54) is 0 Å². The van der Waals surface area contributed by atoms with Crippen molar-refractivity contribution in [1.29, 1.82) is 0 Å². The number of nitrogens with one attached hydrogen (secondary N) is 2. The van der Waals surface area contributed by atoms with Crippen molar-refractivity contribution < 1.29 is 19.5 Å². The van der Waals surface area contributed by atoms with Gasteiger partial charge in [-0.2, -0.15) is 0 Å². The first-order chi connectivity index (χ1) is 8.73. The van der Waals surface area contributed by atoms with Crippen LogP contribution in [-0.4, -0.2) is 41.5 Å². The molecule has 2 atom stereocenters. The predicted molar refractivity (Wildman–Crippen MR) is 70.3 cm³/mol. The van der Waals surface area contributed by atoms with Crippen LogP contribution >= 0.6 is 0 Å². The number of hydrogen-bond acceptors (Lipinski definition) is 4. The number of carboxylic acids is 1. The molecule has 0 bridgehead atoms. The van der Waals surface area contributed by atoms with Crippen molar-refractivity contribution in [3.8, 4) is 0 Å². The van der Waals surface area contributed by atoms with E-state index in [4.69, 9.17) is 10.8 Å². The second kappa shape index (κ2) is 8.47. The van der Waals surface area contributed by atoms with Gasteiger partial charge in [-0.1, -0.05) is 13.8 Å². The van der Waals surface area contributed by atoms with E-state index in [1.807, 2.05) is 13.8 Å².